The largest absolute Gasteiger partial charge is 0.163 e. The molecular weight excluding hydrogens is 228 g/mol. The van der Waals surface area contributed by atoms with Gasteiger partial charge in [-0.05, 0) is 30.3 Å². The first-order chi connectivity index (χ1) is 8.27. The third-order valence-electron chi connectivity index (χ3n) is 2.60. The quantitative estimate of drug-likeness (QED) is 0.590. The smallest absolute Gasteiger partial charge is 0.0984 e. The first kappa shape index (κ1) is 11.8. The summed E-state index contributed by atoms with van der Waals surface area (Å²) in [6, 6.07) is 19.2. The van der Waals surface area contributed by atoms with Gasteiger partial charge >= 0.3 is 0 Å². The highest BCUT2D eigenvalue weighted by Crippen LogP contribution is 2.28. The van der Waals surface area contributed by atoms with Gasteiger partial charge in [0.1, 0.15) is 5.75 Å². The van der Waals surface area contributed by atoms with Crippen LogP contribution in [0.3, 0.4) is 0 Å². The second-order valence-electron chi connectivity index (χ2n) is 3.76. The zero-order chi connectivity index (χ0) is 12.1. The maximum atomic E-state index is 13.1. The third kappa shape index (κ3) is 2.37. The molecule has 0 amide bonds. The molecule has 2 rings (SSSR count). The fraction of sp³-hybridized carbons (Fsp3) is 0.0667. The lowest BCUT2D eigenvalue weighted by atomic mass is 10.4. The van der Waals surface area contributed by atoms with E-state index in [1.807, 2.05) is 60.7 Å². The molecule has 0 unspecified atom stereocenters. The van der Waals surface area contributed by atoms with Crippen molar-refractivity contribution in [1.29, 1.82) is 0 Å². The fourth-order valence-corrected chi connectivity index (χ4v) is 3.96. The van der Waals surface area contributed by atoms with E-state index in [4.69, 9.17) is 0 Å². The topological polar surface area (TPSA) is 17.1 Å². The standard InChI is InChI=1S/C15H15OS/c1-2-13-17(16,14-9-5-3-6-10-14)15-11-7-4-8-12-15/h2-12H,1,13H2/q+1. The maximum absolute atomic E-state index is 13.1. The normalized spacial score (nSPS) is 11.1. The lowest BCUT2D eigenvalue weighted by Crippen LogP contribution is -2.15. The summed E-state index contributed by atoms with van der Waals surface area (Å²) >= 11 is 0. The number of benzene rings is 2. The Hall–Kier alpha value is -1.67. The summed E-state index contributed by atoms with van der Waals surface area (Å²) < 4.78 is 13.1. The van der Waals surface area contributed by atoms with Gasteiger partial charge in [0.15, 0.2) is 19.7 Å². The summed E-state index contributed by atoms with van der Waals surface area (Å²) in [5, 5.41) is 0. The lowest BCUT2D eigenvalue weighted by molar-refractivity contribution is 0.586. The highest BCUT2D eigenvalue weighted by atomic mass is 32.2. The van der Waals surface area contributed by atoms with E-state index in [-0.39, 0.29) is 0 Å². The monoisotopic (exact) mass is 243 g/mol. The predicted molar refractivity (Wildman–Crippen MR) is 72.5 cm³/mol. The molecule has 2 heteroatoms. The highest BCUT2D eigenvalue weighted by Gasteiger charge is 2.32. The summed E-state index contributed by atoms with van der Waals surface area (Å²) in [5.74, 6) is 0.473. The molecule has 0 aliphatic heterocycles. The SMILES string of the molecule is C=CC[S+](=O)(c1ccccc1)c1ccccc1. The van der Waals surface area contributed by atoms with E-state index in [1.54, 1.807) is 6.08 Å². The van der Waals surface area contributed by atoms with Crippen molar-refractivity contribution in [2.75, 3.05) is 5.75 Å². The molecule has 2 aromatic rings. The van der Waals surface area contributed by atoms with Gasteiger partial charge in [-0.25, -0.2) is 0 Å². The summed E-state index contributed by atoms with van der Waals surface area (Å²) in [6.45, 7) is 3.72. The van der Waals surface area contributed by atoms with E-state index in [0.717, 1.165) is 9.79 Å². The van der Waals surface area contributed by atoms with Gasteiger partial charge in [0, 0.05) is 0 Å². The highest BCUT2D eigenvalue weighted by molar-refractivity contribution is 8.03. The lowest BCUT2D eigenvalue weighted by Gasteiger charge is -2.09. The molecule has 17 heavy (non-hydrogen) atoms. The molecule has 0 fully saturated rings. The second kappa shape index (κ2) is 5.11. The van der Waals surface area contributed by atoms with Gasteiger partial charge in [-0.1, -0.05) is 47.2 Å². The number of hydrogen-bond acceptors (Lipinski definition) is 1. The maximum Gasteiger partial charge on any atom is 0.163 e. The molecular formula is C15H15OS+. The Morgan fingerprint density at radius 1 is 0.882 bits per heavy atom. The van der Waals surface area contributed by atoms with Crippen molar-refractivity contribution >= 4 is 9.93 Å². The van der Waals surface area contributed by atoms with Crippen LogP contribution in [0.4, 0.5) is 0 Å². The van der Waals surface area contributed by atoms with E-state index in [9.17, 15) is 4.21 Å². The Labute approximate surface area is 103 Å². The Balaban J connectivity index is 2.55. The molecule has 2 aromatic carbocycles. The molecule has 0 spiro atoms. The number of hydrogen-bond donors (Lipinski definition) is 0. The van der Waals surface area contributed by atoms with Crippen LogP contribution in [0, 0.1) is 0 Å². The first-order valence-electron chi connectivity index (χ1n) is 5.50. The van der Waals surface area contributed by atoms with Crippen LogP contribution in [0.1, 0.15) is 0 Å². The Morgan fingerprint density at radius 2 is 1.29 bits per heavy atom. The molecule has 0 radical (unpaired) electrons. The molecule has 1 nitrogen and oxygen atoms in total. The van der Waals surface area contributed by atoms with Crippen molar-refractivity contribution in [2.24, 2.45) is 0 Å². The molecule has 0 heterocycles. The van der Waals surface area contributed by atoms with Gasteiger partial charge in [-0.3, -0.25) is 0 Å². The van der Waals surface area contributed by atoms with Gasteiger partial charge in [0.05, 0.1) is 0 Å². The van der Waals surface area contributed by atoms with Crippen LogP contribution in [0.2, 0.25) is 0 Å². The summed E-state index contributed by atoms with van der Waals surface area (Å²) in [4.78, 5) is 1.73. The van der Waals surface area contributed by atoms with Crippen molar-refractivity contribution < 1.29 is 4.21 Å². The molecule has 0 bridgehead atoms. The zero-order valence-corrected chi connectivity index (χ0v) is 10.4. The molecule has 0 aliphatic carbocycles. The van der Waals surface area contributed by atoms with Crippen LogP contribution in [-0.2, 0) is 14.1 Å². The van der Waals surface area contributed by atoms with Gasteiger partial charge in [0.25, 0.3) is 0 Å². The van der Waals surface area contributed by atoms with Crippen molar-refractivity contribution in [1.82, 2.24) is 0 Å². The van der Waals surface area contributed by atoms with Gasteiger partial charge in [-0.15, -0.1) is 0 Å². The Kier molecular flexibility index (Phi) is 3.55. The van der Waals surface area contributed by atoms with Crippen molar-refractivity contribution in [3.05, 3.63) is 73.3 Å². The Bertz CT molecular complexity index is 488. The molecule has 0 saturated carbocycles. The second-order valence-corrected chi connectivity index (χ2v) is 6.38. The number of rotatable bonds is 4. The minimum atomic E-state index is -2.21. The summed E-state index contributed by atoms with van der Waals surface area (Å²) in [5.41, 5.74) is 0. The average Bonchev–Trinajstić information content (AvgIpc) is 2.41. The molecule has 0 saturated heterocycles. The van der Waals surface area contributed by atoms with Crippen LogP contribution in [-0.4, -0.2) is 5.75 Å². The molecule has 0 aromatic heterocycles. The minimum absolute atomic E-state index is 0.473. The van der Waals surface area contributed by atoms with E-state index < -0.39 is 9.93 Å². The predicted octanol–water partition coefficient (Wildman–Crippen LogP) is 3.79. The van der Waals surface area contributed by atoms with Crippen molar-refractivity contribution in [2.45, 2.75) is 9.79 Å². The van der Waals surface area contributed by atoms with E-state index in [0.29, 0.717) is 5.75 Å². The van der Waals surface area contributed by atoms with Crippen LogP contribution < -0.4 is 0 Å². The molecule has 86 valence electrons. The Morgan fingerprint density at radius 3 is 1.65 bits per heavy atom. The van der Waals surface area contributed by atoms with Crippen LogP contribution in [0.5, 0.6) is 0 Å². The third-order valence-corrected chi connectivity index (χ3v) is 5.37. The van der Waals surface area contributed by atoms with E-state index in [1.165, 1.54) is 0 Å². The van der Waals surface area contributed by atoms with E-state index >= 15 is 0 Å². The average molecular weight is 243 g/mol. The minimum Gasteiger partial charge on any atom is -0.0984 e. The van der Waals surface area contributed by atoms with Crippen LogP contribution >= 0.6 is 0 Å². The zero-order valence-electron chi connectivity index (χ0n) is 9.58. The van der Waals surface area contributed by atoms with E-state index in [2.05, 4.69) is 6.58 Å². The molecule has 0 atom stereocenters. The van der Waals surface area contributed by atoms with Crippen molar-refractivity contribution in [3.63, 3.8) is 0 Å². The summed E-state index contributed by atoms with van der Waals surface area (Å²) in [7, 11) is -2.21. The first-order valence-corrected chi connectivity index (χ1v) is 7.23. The summed E-state index contributed by atoms with van der Waals surface area (Å²) in [6.07, 6.45) is 1.72. The van der Waals surface area contributed by atoms with Gasteiger partial charge in [0.2, 0.25) is 0 Å². The van der Waals surface area contributed by atoms with Gasteiger partial charge in [-0.2, -0.15) is 0 Å². The molecule has 0 N–H and O–H groups in total. The van der Waals surface area contributed by atoms with Crippen LogP contribution in [0.15, 0.2) is 83.1 Å². The fourth-order valence-electron chi connectivity index (χ4n) is 1.78. The van der Waals surface area contributed by atoms with Crippen LogP contribution in [0.25, 0.3) is 0 Å². The van der Waals surface area contributed by atoms with Crippen molar-refractivity contribution in [3.8, 4) is 0 Å². The molecule has 0 aliphatic rings. The van der Waals surface area contributed by atoms with Gasteiger partial charge < -0.3 is 0 Å².